The van der Waals surface area contributed by atoms with Gasteiger partial charge >= 0.3 is 12.1 Å². The van der Waals surface area contributed by atoms with Crippen LogP contribution in [-0.2, 0) is 12.7 Å². The highest BCUT2D eigenvalue weighted by molar-refractivity contribution is 5.84. The van der Waals surface area contributed by atoms with E-state index < -0.39 is 12.1 Å². The third kappa shape index (κ3) is 4.54. The van der Waals surface area contributed by atoms with Crippen molar-refractivity contribution in [3.8, 4) is 11.4 Å². The quantitative estimate of drug-likeness (QED) is 0.659. The fourth-order valence-corrected chi connectivity index (χ4v) is 1.61. The van der Waals surface area contributed by atoms with Crippen LogP contribution in [0.25, 0.3) is 11.4 Å². The molecule has 2 aromatic rings. The fraction of sp³-hybridized carbons (Fsp3) is 0.286. The molecule has 128 valence electrons. The van der Waals surface area contributed by atoms with Gasteiger partial charge in [0.05, 0.1) is 6.34 Å². The van der Waals surface area contributed by atoms with Gasteiger partial charge in [0.15, 0.2) is 0 Å². The molecule has 1 aromatic heterocycles. The molecule has 0 aliphatic carbocycles. The summed E-state index contributed by atoms with van der Waals surface area (Å²) in [5.74, 6) is -1.39. The van der Waals surface area contributed by atoms with Crippen molar-refractivity contribution in [1.29, 1.82) is 5.41 Å². The van der Waals surface area contributed by atoms with Crippen LogP contribution >= 0.6 is 0 Å². The van der Waals surface area contributed by atoms with Gasteiger partial charge in [0.2, 0.25) is 11.8 Å². The van der Waals surface area contributed by atoms with Gasteiger partial charge in [-0.2, -0.15) is 18.2 Å². The fourth-order valence-electron chi connectivity index (χ4n) is 1.61. The highest BCUT2D eigenvalue weighted by atomic mass is 19.4. The van der Waals surface area contributed by atoms with Crippen LogP contribution in [0, 0.1) is 5.41 Å². The number of rotatable bonds is 4. The molecule has 0 atom stereocenters. The highest BCUT2D eigenvalue weighted by Gasteiger charge is 2.38. The summed E-state index contributed by atoms with van der Waals surface area (Å²) in [7, 11) is 3.42. The Morgan fingerprint density at radius 2 is 2.00 bits per heavy atom. The molecule has 0 aliphatic heterocycles. The number of nitrogens with zero attached hydrogens (tertiary/aromatic N) is 4. The van der Waals surface area contributed by atoms with Crippen molar-refractivity contribution >= 4 is 12.3 Å². The second-order valence-electron chi connectivity index (χ2n) is 4.97. The van der Waals surface area contributed by atoms with E-state index in [-0.39, 0.29) is 11.8 Å². The Balaban J connectivity index is 1.96. The second kappa shape index (κ2) is 7.11. The summed E-state index contributed by atoms with van der Waals surface area (Å²) in [5.41, 5.74) is 1.29. The zero-order chi connectivity index (χ0) is 17.7. The number of hydrogen-bond donors (Lipinski definition) is 2. The molecule has 0 unspecified atom stereocenters. The molecule has 1 aromatic carbocycles. The Labute approximate surface area is 135 Å². The number of aromatic nitrogens is 2. The number of alkyl halides is 3. The van der Waals surface area contributed by atoms with Gasteiger partial charge in [-0.05, 0) is 5.56 Å². The van der Waals surface area contributed by atoms with Crippen LogP contribution < -0.4 is 5.32 Å². The summed E-state index contributed by atoms with van der Waals surface area (Å²) < 4.78 is 41.5. The summed E-state index contributed by atoms with van der Waals surface area (Å²) in [5, 5.41) is 13.7. The molecule has 24 heavy (non-hydrogen) atoms. The number of halogens is 3. The van der Waals surface area contributed by atoms with Crippen LogP contribution in [-0.4, -0.2) is 41.4 Å². The molecule has 0 fully saturated rings. The van der Waals surface area contributed by atoms with E-state index >= 15 is 0 Å². The zero-order valence-corrected chi connectivity index (χ0v) is 12.9. The monoisotopic (exact) mass is 340 g/mol. The Morgan fingerprint density at radius 3 is 2.54 bits per heavy atom. The first-order valence-electron chi connectivity index (χ1n) is 6.79. The smallest absolute Gasteiger partial charge is 0.372 e. The van der Waals surface area contributed by atoms with Gasteiger partial charge in [-0.15, -0.1) is 0 Å². The summed E-state index contributed by atoms with van der Waals surface area (Å²) in [6.07, 6.45) is -3.25. The van der Waals surface area contributed by atoms with Gasteiger partial charge in [0.1, 0.15) is 0 Å². The van der Waals surface area contributed by atoms with Gasteiger partial charge in [0, 0.05) is 26.2 Å². The van der Waals surface area contributed by atoms with Crippen LogP contribution in [0.1, 0.15) is 11.5 Å². The van der Waals surface area contributed by atoms with Crippen molar-refractivity contribution in [1.82, 2.24) is 20.4 Å². The van der Waals surface area contributed by atoms with Crippen LogP contribution in [0.15, 0.2) is 33.8 Å². The van der Waals surface area contributed by atoms with Crippen molar-refractivity contribution in [3.63, 3.8) is 0 Å². The zero-order valence-electron chi connectivity index (χ0n) is 12.9. The van der Waals surface area contributed by atoms with E-state index in [4.69, 9.17) is 5.41 Å². The van der Waals surface area contributed by atoms with Crippen LogP contribution in [0.2, 0.25) is 0 Å². The van der Waals surface area contributed by atoms with Crippen molar-refractivity contribution in [3.05, 3.63) is 35.7 Å². The summed E-state index contributed by atoms with van der Waals surface area (Å²) in [4.78, 5) is 8.74. The molecule has 0 radical (unpaired) electrons. The van der Waals surface area contributed by atoms with Crippen molar-refractivity contribution in [2.75, 3.05) is 14.1 Å². The lowest BCUT2D eigenvalue weighted by molar-refractivity contribution is -0.159. The number of guanidine groups is 1. The molecule has 0 saturated carbocycles. The van der Waals surface area contributed by atoms with Crippen molar-refractivity contribution in [2.24, 2.45) is 4.99 Å². The average molecular weight is 340 g/mol. The Hall–Kier alpha value is -2.91. The standard InChI is InChI=1S/C14H15F3N6O/c1-23(2)13(18)20-8-19-7-9-3-5-10(6-4-9)11-21-12(24-22-11)14(15,16)17/h3-6,8H,7H2,1-2H3,(H2,18,19,20). The first-order valence-corrected chi connectivity index (χ1v) is 6.79. The largest absolute Gasteiger partial charge is 0.471 e. The molecular formula is C14H15F3N6O. The topological polar surface area (TPSA) is 90.4 Å². The molecule has 2 rings (SSSR count). The molecule has 0 bridgehead atoms. The number of hydrogen-bond acceptors (Lipinski definition) is 4. The summed E-state index contributed by atoms with van der Waals surface area (Å²) >= 11 is 0. The van der Waals surface area contributed by atoms with E-state index in [2.05, 4.69) is 25.0 Å². The Kier molecular flexibility index (Phi) is 5.17. The van der Waals surface area contributed by atoms with Crippen LogP contribution in [0.5, 0.6) is 0 Å². The molecule has 10 heteroatoms. The van der Waals surface area contributed by atoms with E-state index in [1.54, 1.807) is 43.3 Å². The minimum atomic E-state index is -4.66. The van der Waals surface area contributed by atoms with Gasteiger partial charge < -0.3 is 14.7 Å². The second-order valence-corrected chi connectivity index (χ2v) is 4.97. The minimum absolute atomic E-state index is 0.107. The predicted molar refractivity (Wildman–Crippen MR) is 81.5 cm³/mol. The molecule has 0 amide bonds. The lowest BCUT2D eigenvalue weighted by Crippen LogP contribution is -2.20. The number of aliphatic imine (C=N–C) groups is 1. The van der Waals surface area contributed by atoms with E-state index in [0.29, 0.717) is 12.1 Å². The van der Waals surface area contributed by atoms with Gasteiger partial charge in [-0.25, -0.2) is 4.99 Å². The maximum absolute atomic E-state index is 12.4. The Bertz CT molecular complexity index is 721. The number of benzene rings is 1. The maximum Gasteiger partial charge on any atom is 0.471 e. The summed E-state index contributed by atoms with van der Waals surface area (Å²) in [6, 6.07) is 6.64. The Morgan fingerprint density at radius 1 is 1.33 bits per heavy atom. The lowest BCUT2D eigenvalue weighted by atomic mass is 10.1. The van der Waals surface area contributed by atoms with E-state index in [1.807, 2.05) is 0 Å². The SMILES string of the molecule is CN(C)C(=N)/N=C\NCc1ccc(-c2noc(C(F)(F)F)n2)cc1. The first-order chi connectivity index (χ1) is 11.3. The van der Waals surface area contributed by atoms with Crippen LogP contribution in [0.4, 0.5) is 13.2 Å². The van der Waals surface area contributed by atoms with Crippen LogP contribution in [0.3, 0.4) is 0 Å². The van der Waals surface area contributed by atoms with Crippen molar-refractivity contribution < 1.29 is 17.7 Å². The molecular weight excluding hydrogens is 325 g/mol. The molecule has 0 saturated heterocycles. The highest BCUT2D eigenvalue weighted by Crippen LogP contribution is 2.29. The van der Waals surface area contributed by atoms with E-state index in [9.17, 15) is 13.2 Å². The number of nitrogens with one attached hydrogen (secondary N) is 2. The molecule has 0 aliphatic rings. The van der Waals surface area contributed by atoms with Gasteiger partial charge in [-0.3, -0.25) is 5.41 Å². The molecule has 2 N–H and O–H groups in total. The average Bonchev–Trinajstić information content (AvgIpc) is 3.02. The maximum atomic E-state index is 12.4. The van der Waals surface area contributed by atoms with Gasteiger partial charge in [-0.1, -0.05) is 29.4 Å². The van der Waals surface area contributed by atoms with Gasteiger partial charge in [0.25, 0.3) is 0 Å². The van der Waals surface area contributed by atoms with E-state index in [1.165, 1.54) is 6.34 Å². The molecule has 1 heterocycles. The lowest BCUT2D eigenvalue weighted by Gasteiger charge is -2.08. The van der Waals surface area contributed by atoms with Crippen molar-refractivity contribution in [2.45, 2.75) is 12.7 Å². The molecule has 7 nitrogen and oxygen atoms in total. The normalized spacial score (nSPS) is 11.7. The summed E-state index contributed by atoms with van der Waals surface area (Å²) in [6.45, 7) is 0.449. The first kappa shape index (κ1) is 17.4. The van der Waals surface area contributed by atoms with E-state index in [0.717, 1.165) is 5.56 Å². The predicted octanol–water partition coefficient (Wildman–Crippen LogP) is 2.37. The third-order valence-electron chi connectivity index (χ3n) is 2.89. The molecule has 0 spiro atoms. The minimum Gasteiger partial charge on any atom is -0.372 e. The third-order valence-corrected chi connectivity index (χ3v) is 2.89.